The maximum atomic E-state index is 13.3. The van der Waals surface area contributed by atoms with E-state index in [0.717, 1.165) is 18.2 Å². The van der Waals surface area contributed by atoms with Crippen LogP contribution in [0, 0.1) is 0 Å². The Kier molecular flexibility index (Phi) is 9.72. The predicted molar refractivity (Wildman–Crippen MR) is 144 cm³/mol. The molecule has 0 fully saturated rings. The van der Waals surface area contributed by atoms with E-state index >= 15 is 0 Å². The number of carbonyl (C=O) groups excluding carboxylic acids is 1. The van der Waals surface area contributed by atoms with Crippen molar-refractivity contribution in [1.29, 1.82) is 0 Å². The maximum absolute atomic E-state index is 13.3. The lowest BCUT2D eigenvalue weighted by molar-refractivity contribution is -0.274. The highest BCUT2D eigenvalue weighted by Crippen LogP contribution is 2.35. The molecule has 0 radical (unpaired) electrons. The number of carboxylic acid groups (broad SMARTS) is 1. The van der Waals surface area contributed by atoms with E-state index in [1.54, 1.807) is 12.1 Å². The number of amides is 1. The number of carboxylic acids is 1. The number of aliphatic carboxylic acids is 1. The number of aromatic nitrogens is 2. The molecule has 13 heteroatoms. The van der Waals surface area contributed by atoms with Crippen LogP contribution in [-0.4, -0.2) is 39.5 Å². The van der Waals surface area contributed by atoms with Crippen LogP contribution in [-0.2, 0) is 17.8 Å². The highest BCUT2D eigenvalue weighted by molar-refractivity contribution is 5.97. The lowest BCUT2D eigenvalue weighted by Crippen LogP contribution is -2.23. The van der Waals surface area contributed by atoms with Crippen molar-refractivity contribution in [2.45, 2.75) is 63.5 Å². The maximum Gasteiger partial charge on any atom is 0.573 e. The summed E-state index contributed by atoms with van der Waals surface area (Å²) in [4.78, 5) is 33.2. The third kappa shape index (κ3) is 9.03. The van der Waals surface area contributed by atoms with Gasteiger partial charge in [0, 0.05) is 30.0 Å². The fourth-order valence-corrected chi connectivity index (χ4v) is 4.61. The molecule has 1 aliphatic carbocycles. The van der Waals surface area contributed by atoms with Crippen molar-refractivity contribution in [2.24, 2.45) is 0 Å². The summed E-state index contributed by atoms with van der Waals surface area (Å²) in [5.74, 6) is -2.27. The zero-order valence-electron chi connectivity index (χ0n) is 22.6. The molecule has 0 spiro atoms. The van der Waals surface area contributed by atoms with Crippen LogP contribution >= 0.6 is 0 Å². The molecule has 1 heterocycles. The summed E-state index contributed by atoms with van der Waals surface area (Å²) in [5, 5.41) is 11.7. The first-order chi connectivity index (χ1) is 20.3. The van der Waals surface area contributed by atoms with E-state index in [1.165, 1.54) is 30.3 Å². The number of halogens is 6. The van der Waals surface area contributed by atoms with Gasteiger partial charge >= 0.3 is 18.5 Å². The standard InChI is InChI=1S/C30H27F6N3O4/c31-29(32,33)21-5-3-4-19(10-12-21)27-24(6-1-2-7-26(40)41)38-25-16-20(11-15-23(25)39-27)28(42)37-17-18-8-13-22(14-9-18)43-30(34,35)36/h3-4,8-9,11-16,19H,1-2,5-7,10,17H2,(H,37,42)(H,40,41). The number of hydrogen-bond donors (Lipinski definition) is 2. The van der Waals surface area contributed by atoms with Gasteiger partial charge in [-0.2, -0.15) is 13.2 Å². The smallest absolute Gasteiger partial charge is 0.481 e. The predicted octanol–water partition coefficient (Wildman–Crippen LogP) is 7.18. The Labute approximate surface area is 242 Å². The Morgan fingerprint density at radius 2 is 1.72 bits per heavy atom. The van der Waals surface area contributed by atoms with E-state index in [0.29, 0.717) is 47.2 Å². The monoisotopic (exact) mass is 607 g/mol. The number of nitrogens with one attached hydrogen (secondary N) is 1. The number of benzene rings is 2. The molecule has 1 aromatic heterocycles. The second kappa shape index (κ2) is 13.3. The van der Waals surface area contributed by atoms with Gasteiger partial charge in [-0.05, 0) is 68.0 Å². The van der Waals surface area contributed by atoms with Crippen LogP contribution in [0.1, 0.15) is 65.3 Å². The summed E-state index contributed by atoms with van der Waals surface area (Å²) in [5.41, 5.74) is 1.96. The summed E-state index contributed by atoms with van der Waals surface area (Å²) in [6.45, 7) is 0.0318. The SMILES string of the molecule is O=C(O)CCCCc1nc2cc(C(=O)NCc3ccc(OC(F)(F)F)cc3)ccc2nc1C1C=CCC(C(F)(F)F)=CC1. The van der Waals surface area contributed by atoms with Crippen molar-refractivity contribution < 1.29 is 45.8 Å². The van der Waals surface area contributed by atoms with Gasteiger partial charge in [0.1, 0.15) is 5.75 Å². The molecule has 4 rings (SSSR count). The van der Waals surface area contributed by atoms with Gasteiger partial charge in [-0.1, -0.05) is 30.4 Å². The molecule has 2 aromatic carbocycles. The van der Waals surface area contributed by atoms with Gasteiger partial charge < -0.3 is 15.2 Å². The molecule has 1 atom stereocenters. The summed E-state index contributed by atoms with van der Waals surface area (Å²) in [6, 6.07) is 9.68. The first-order valence-corrected chi connectivity index (χ1v) is 13.4. The molecule has 1 amide bonds. The third-order valence-corrected chi connectivity index (χ3v) is 6.73. The largest absolute Gasteiger partial charge is 0.573 e. The Morgan fingerprint density at radius 3 is 2.40 bits per heavy atom. The van der Waals surface area contributed by atoms with Crippen LogP contribution in [0.3, 0.4) is 0 Å². The number of hydrogen-bond acceptors (Lipinski definition) is 5. The minimum atomic E-state index is -4.81. The Balaban J connectivity index is 1.54. The highest BCUT2D eigenvalue weighted by Gasteiger charge is 2.33. The van der Waals surface area contributed by atoms with Crippen molar-refractivity contribution in [1.82, 2.24) is 15.3 Å². The van der Waals surface area contributed by atoms with E-state index in [2.05, 4.69) is 10.1 Å². The number of alkyl halides is 6. The van der Waals surface area contributed by atoms with Crippen molar-refractivity contribution in [3.8, 4) is 5.75 Å². The average Bonchev–Trinajstić information content (AvgIpc) is 3.20. The molecule has 1 unspecified atom stereocenters. The summed E-state index contributed by atoms with van der Waals surface area (Å²) >= 11 is 0. The molecule has 3 aromatic rings. The minimum absolute atomic E-state index is 0.0318. The van der Waals surface area contributed by atoms with Crippen molar-refractivity contribution in [3.63, 3.8) is 0 Å². The van der Waals surface area contributed by atoms with E-state index < -0.39 is 35.9 Å². The number of unbranched alkanes of at least 4 members (excludes halogenated alkanes) is 1. The molecule has 0 saturated carbocycles. The number of fused-ring (bicyclic) bond motifs is 1. The van der Waals surface area contributed by atoms with Gasteiger partial charge in [0.15, 0.2) is 0 Å². The lowest BCUT2D eigenvalue weighted by atomic mass is 9.96. The number of ether oxygens (including phenoxy) is 1. The number of allylic oxidation sites excluding steroid dienone is 4. The van der Waals surface area contributed by atoms with Crippen LogP contribution in [0.25, 0.3) is 11.0 Å². The van der Waals surface area contributed by atoms with Gasteiger partial charge in [0.25, 0.3) is 5.91 Å². The zero-order valence-corrected chi connectivity index (χ0v) is 22.6. The molecule has 0 bridgehead atoms. The Bertz CT molecular complexity index is 1530. The van der Waals surface area contributed by atoms with Crippen LogP contribution in [0.4, 0.5) is 26.3 Å². The van der Waals surface area contributed by atoms with Gasteiger partial charge in [0.05, 0.1) is 22.4 Å². The summed E-state index contributed by atoms with van der Waals surface area (Å²) in [7, 11) is 0. The molecule has 2 N–H and O–H groups in total. The summed E-state index contributed by atoms with van der Waals surface area (Å²) in [6.07, 6.45) is -3.99. The fraction of sp³-hybridized carbons (Fsp3) is 0.333. The van der Waals surface area contributed by atoms with Crippen LogP contribution in [0.5, 0.6) is 5.75 Å². The van der Waals surface area contributed by atoms with Gasteiger partial charge in [-0.15, -0.1) is 13.2 Å². The highest BCUT2D eigenvalue weighted by atomic mass is 19.4. The van der Waals surface area contributed by atoms with E-state index in [9.17, 15) is 35.9 Å². The average molecular weight is 608 g/mol. The van der Waals surface area contributed by atoms with E-state index in [4.69, 9.17) is 15.1 Å². The third-order valence-electron chi connectivity index (χ3n) is 6.73. The molecule has 228 valence electrons. The molecule has 0 aliphatic heterocycles. The fourth-order valence-electron chi connectivity index (χ4n) is 4.61. The number of rotatable bonds is 10. The number of aryl methyl sites for hydroxylation is 1. The van der Waals surface area contributed by atoms with Crippen molar-refractivity contribution in [2.75, 3.05) is 0 Å². The summed E-state index contributed by atoms with van der Waals surface area (Å²) < 4.78 is 80.8. The zero-order chi connectivity index (χ0) is 31.2. The molecule has 43 heavy (non-hydrogen) atoms. The topological polar surface area (TPSA) is 101 Å². The molecule has 0 saturated heterocycles. The Morgan fingerprint density at radius 1 is 0.977 bits per heavy atom. The first kappa shape index (κ1) is 31.5. The molecule has 1 aliphatic rings. The quantitative estimate of drug-likeness (QED) is 0.144. The normalized spacial score (nSPS) is 15.6. The van der Waals surface area contributed by atoms with E-state index in [1.807, 2.05) is 0 Å². The Hall–Kier alpha value is -4.42. The minimum Gasteiger partial charge on any atom is -0.481 e. The van der Waals surface area contributed by atoms with Crippen molar-refractivity contribution in [3.05, 3.63) is 88.8 Å². The van der Waals surface area contributed by atoms with Crippen LogP contribution < -0.4 is 10.1 Å². The van der Waals surface area contributed by atoms with Gasteiger partial charge in [-0.25, -0.2) is 9.97 Å². The lowest BCUT2D eigenvalue weighted by Gasteiger charge is -2.16. The molecule has 7 nitrogen and oxygen atoms in total. The second-order valence-electron chi connectivity index (χ2n) is 9.94. The van der Waals surface area contributed by atoms with Gasteiger partial charge in [-0.3, -0.25) is 9.59 Å². The van der Waals surface area contributed by atoms with Gasteiger partial charge in [0.2, 0.25) is 0 Å². The number of carbonyl (C=O) groups is 2. The van der Waals surface area contributed by atoms with Crippen LogP contribution in [0.15, 0.2) is 66.3 Å². The van der Waals surface area contributed by atoms with Crippen LogP contribution in [0.2, 0.25) is 0 Å². The molecular formula is C30H27F6N3O4. The number of nitrogens with zero attached hydrogens (tertiary/aromatic N) is 2. The second-order valence-corrected chi connectivity index (χ2v) is 9.94. The van der Waals surface area contributed by atoms with Crippen molar-refractivity contribution >= 4 is 22.9 Å². The first-order valence-electron chi connectivity index (χ1n) is 13.4. The molecular weight excluding hydrogens is 580 g/mol. The van der Waals surface area contributed by atoms with E-state index in [-0.39, 0.29) is 37.1 Å².